The molecule has 24 heavy (non-hydrogen) atoms. The van der Waals surface area contributed by atoms with E-state index in [0.29, 0.717) is 12.2 Å². The molecule has 0 radical (unpaired) electrons. The maximum absolute atomic E-state index is 12.5. The summed E-state index contributed by atoms with van der Waals surface area (Å²) in [5, 5.41) is 22.8. The Labute approximate surface area is 137 Å². The van der Waals surface area contributed by atoms with Crippen molar-refractivity contribution in [3.8, 4) is 0 Å². The van der Waals surface area contributed by atoms with Crippen LogP contribution in [-0.2, 0) is 13.0 Å². The van der Waals surface area contributed by atoms with Gasteiger partial charge < -0.3 is 9.67 Å². The van der Waals surface area contributed by atoms with Gasteiger partial charge in [-0.15, -0.1) is 10.2 Å². The standard InChI is InChI=1S/C16H16N6O2/c1-2-11-7-13(14(23)8-15(24)16-18-20-21-19-16)22(9-11)10-12-3-5-17-6-4-12/h3-9,24H,2,10H2,1H3,(H,18,19,20,21). The number of aromatic nitrogens is 6. The molecule has 3 aromatic rings. The van der Waals surface area contributed by atoms with Crippen LogP contribution < -0.4 is 0 Å². The second-order valence-electron chi connectivity index (χ2n) is 5.20. The number of nitrogens with one attached hydrogen (secondary N) is 1. The number of tetrazole rings is 1. The summed E-state index contributed by atoms with van der Waals surface area (Å²) in [5.41, 5.74) is 2.56. The Morgan fingerprint density at radius 2 is 2.12 bits per heavy atom. The minimum absolute atomic E-state index is 0.0219. The fraction of sp³-hybridized carbons (Fsp3) is 0.188. The highest BCUT2D eigenvalue weighted by Gasteiger charge is 2.15. The Morgan fingerprint density at radius 3 is 2.79 bits per heavy atom. The average Bonchev–Trinajstić information content (AvgIpc) is 3.25. The zero-order valence-corrected chi connectivity index (χ0v) is 13.0. The van der Waals surface area contributed by atoms with Crippen LogP contribution in [0.1, 0.15) is 34.4 Å². The minimum Gasteiger partial charge on any atom is -0.504 e. The lowest BCUT2D eigenvalue weighted by Gasteiger charge is -2.07. The first kappa shape index (κ1) is 15.6. The van der Waals surface area contributed by atoms with E-state index in [1.165, 1.54) is 0 Å². The van der Waals surface area contributed by atoms with E-state index < -0.39 is 0 Å². The number of ketones is 1. The van der Waals surface area contributed by atoms with Crippen LogP contribution in [0.5, 0.6) is 0 Å². The van der Waals surface area contributed by atoms with Gasteiger partial charge in [-0.3, -0.25) is 9.78 Å². The topological polar surface area (TPSA) is 110 Å². The van der Waals surface area contributed by atoms with Crippen LogP contribution in [0.4, 0.5) is 0 Å². The van der Waals surface area contributed by atoms with E-state index in [1.807, 2.05) is 35.9 Å². The lowest BCUT2D eigenvalue weighted by molar-refractivity contribution is 0.103. The number of aliphatic hydroxyl groups excluding tert-OH is 1. The third-order valence-electron chi connectivity index (χ3n) is 3.56. The van der Waals surface area contributed by atoms with Crippen LogP contribution in [-0.4, -0.2) is 41.1 Å². The van der Waals surface area contributed by atoms with Crippen molar-refractivity contribution in [1.29, 1.82) is 0 Å². The Kier molecular flexibility index (Phi) is 4.46. The van der Waals surface area contributed by atoms with Gasteiger partial charge >= 0.3 is 0 Å². The Morgan fingerprint density at radius 1 is 1.33 bits per heavy atom. The van der Waals surface area contributed by atoms with Gasteiger partial charge in [0.05, 0.1) is 5.69 Å². The molecule has 0 atom stereocenters. The molecule has 0 aliphatic heterocycles. The molecule has 3 rings (SSSR count). The largest absolute Gasteiger partial charge is 0.504 e. The number of hydrogen-bond donors (Lipinski definition) is 2. The first-order chi connectivity index (χ1) is 11.7. The van der Waals surface area contributed by atoms with E-state index in [9.17, 15) is 9.90 Å². The van der Waals surface area contributed by atoms with Crippen LogP contribution in [0.3, 0.4) is 0 Å². The third-order valence-corrected chi connectivity index (χ3v) is 3.56. The highest BCUT2D eigenvalue weighted by molar-refractivity contribution is 6.06. The molecule has 3 heterocycles. The molecule has 0 bridgehead atoms. The molecule has 0 fully saturated rings. The first-order valence-corrected chi connectivity index (χ1v) is 7.44. The number of carbonyl (C=O) groups is 1. The van der Waals surface area contributed by atoms with Gasteiger partial charge in [-0.2, -0.15) is 5.21 Å². The lowest BCUT2D eigenvalue weighted by atomic mass is 10.2. The Hall–Kier alpha value is -3.29. The molecule has 0 aliphatic rings. The monoisotopic (exact) mass is 324 g/mol. The fourth-order valence-corrected chi connectivity index (χ4v) is 2.32. The summed E-state index contributed by atoms with van der Waals surface area (Å²) in [5.74, 6) is -0.680. The van der Waals surface area contributed by atoms with E-state index in [-0.39, 0.29) is 17.4 Å². The average molecular weight is 324 g/mol. The number of pyridine rings is 1. The summed E-state index contributed by atoms with van der Waals surface area (Å²) >= 11 is 0. The number of aromatic amines is 1. The first-order valence-electron chi connectivity index (χ1n) is 7.44. The molecule has 0 amide bonds. The van der Waals surface area contributed by atoms with Crippen LogP contribution in [0.15, 0.2) is 42.9 Å². The number of rotatable bonds is 6. The highest BCUT2D eigenvalue weighted by Crippen LogP contribution is 2.15. The number of aryl methyl sites for hydroxylation is 1. The van der Waals surface area contributed by atoms with Gasteiger partial charge in [0.15, 0.2) is 5.76 Å². The van der Waals surface area contributed by atoms with E-state index in [0.717, 1.165) is 23.6 Å². The maximum Gasteiger partial charge on any atom is 0.239 e. The maximum atomic E-state index is 12.5. The predicted molar refractivity (Wildman–Crippen MR) is 86.3 cm³/mol. The molecule has 0 unspecified atom stereocenters. The number of H-pyrrole nitrogens is 1. The number of hydrogen-bond acceptors (Lipinski definition) is 6. The van der Waals surface area contributed by atoms with Crippen LogP contribution in [0, 0.1) is 0 Å². The molecular formula is C16H16N6O2. The van der Waals surface area contributed by atoms with E-state index in [2.05, 4.69) is 25.6 Å². The minimum atomic E-state index is -0.330. The molecule has 3 aromatic heterocycles. The van der Waals surface area contributed by atoms with Crippen molar-refractivity contribution in [1.82, 2.24) is 30.2 Å². The summed E-state index contributed by atoms with van der Waals surface area (Å²) in [4.78, 5) is 16.5. The van der Waals surface area contributed by atoms with Gasteiger partial charge in [0.1, 0.15) is 0 Å². The van der Waals surface area contributed by atoms with E-state index in [1.54, 1.807) is 12.4 Å². The van der Waals surface area contributed by atoms with Crippen molar-refractivity contribution >= 4 is 11.5 Å². The second-order valence-corrected chi connectivity index (χ2v) is 5.20. The quantitative estimate of drug-likeness (QED) is 0.406. The zero-order chi connectivity index (χ0) is 16.9. The third kappa shape index (κ3) is 3.37. The smallest absolute Gasteiger partial charge is 0.239 e. The van der Waals surface area contributed by atoms with E-state index in [4.69, 9.17) is 0 Å². The highest BCUT2D eigenvalue weighted by atomic mass is 16.3. The second kappa shape index (κ2) is 6.86. The lowest BCUT2D eigenvalue weighted by Crippen LogP contribution is -2.08. The SMILES string of the molecule is CCc1cc(C(=O)C=C(O)c2nn[nH]n2)n(Cc2ccncc2)c1. The Balaban J connectivity index is 1.90. The summed E-state index contributed by atoms with van der Waals surface area (Å²) in [6, 6.07) is 5.61. The van der Waals surface area contributed by atoms with Crippen molar-refractivity contribution in [2.75, 3.05) is 0 Å². The molecule has 0 saturated heterocycles. The van der Waals surface area contributed by atoms with Gasteiger partial charge in [0, 0.05) is 31.2 Å². The number of carbonyl (C=O) groups excluding carboxylic acids is 1. The summed E-state index contributed by atoms with van der Waals surface area (Å²) < 4.78 is 1.86. The fourth-order valence-electron chi connectivity index (χ4n) is 2.32. The molecule has 122 valence electrons. The Bertz CT molecular complexity index is 852. The number of allylic oxidation sites excluding steroid dienone is 1. The van der Waals surface area contributed by atoms with Crippen molar-refractivity contribution in [3.05, 3.63) is 65.5 Å². The molecule has 8 nitrogen and oxygen atoms in total. The van der Waals surface area contributed by atoms with Gasteiger partial charge in [-0.1, -0.05) is 6.92 Å². The normalized spacial score (nSPS) is 11.6. The summed E-state index contributed by atoms with van der Waals surface area (Å²) in [6.07, 6.45) is 7.27. The van der Waals surface area contributed by atoms with Crippen LogP contribution in [0.2, 0.25) is 0 Å². The molecule has 8 heteroatoms. The molecule has 2 N–H and O–H groups in total. The predicted octanol–water partition coefficient (Wildman–Crippen LogP) is 1.79. The zero-order valence-electron chi connectivity index (χ0n) is 13.0. The van der Waals surface area contributed by atoms with Crippen molar-refractivity contribution < 1.29 is 9.90 Å². The van der Waals surface area contributed by atoms with Crippen molar-refractivity contribution in [2.24, 2.45) is 0 Å². The van der Waals surface area contributed by atoms with E-state index >= 15 is 0 Å². The number of aliphatic hydroxyl groups is 1. The van der Waals surface area contributed by atoms with Gasteiger partial charge in [0.25, 0.3) is 0 Å². The number of nitrogens with zero attached hydrogens (tertiary/aromatic N) is 5. The van der Waals surface area contributed by atoms with Crippen molar-refractivity contribution in [2.45, 2.75) is 19.9 Å². The molecule has 0 aromatic carbocycles. The summed E-state index contributed by atoms with van der Waals surface area (Å²) in [7, 11) is 0. The van der Waals surface area contributed by atoms with Gasteiger partial charge in [-0.05, 0) is 41.0 Å². The summed E-state index contributed by atoms with van der Waals surface area (Å²) in [6.45, 7) is 2.56. The van der Waals surface area contributed by atoms with Gasteiger partial charge in [-0.25, -0.2) is 0 Å². The molecular weight excluding hydrogens is 308 g/mol. The van der Waals surface area contributed by atoms with Crippen LogP contribution >= 0.6 is 0 Å². The van der Waals surface area contributed by atoms with Crippen molar-refractivity contribution in [3.63, 3.8) is 0 Å². The van der Waals surface area contributed by atoms with Crippen LogP contribution in [0.25, 0.3) is 5.76 Å². The van der Waals surface area contributed by atoms with Gasteiger partial charge in [0.2, 0.25) is 11.6 Å². The molecule has 0 spiro atoms. The molecule has 0 saturated carbocycles. The molecule has 0 aliphatic carbocycles.